The minimum Gasteiger partial charge on any atom is -0.399 e. The number of hydrogen-bond donors (Lipinski definition) is 3. The average Bonchev–Trinajstić information content (AvgIpc) is 2.36. The van der Waals surface area contributed by atoms with E-state index in [0.717, 1.165) is 0 Å². The van der Waals surface area contributed by atoms with Crippen LogP contribution in [-0.2, 0) is 0 Å². The second-order valence-electron chi connectivity index (χ2n) is 3.83. The minimum atomic E-state index is -0.394. The van der Waals surface area contributed by atoms with Crippen molar-refractivity contribution < 1.29 is 4.79 Å². The number of rotatable bonds is 2. The van der Waals surface area contributed by atoms with Gasteiger partial charge in [0.25, 0.3) is 0 Å². The number of nitrogens with one attached hydrogen (secondary N) is 2. The monoisotopic (exact) mass is 295 g/mol. The van der Waals surface area contributed by atoms with Crippen molar-refractivity contribution in [1.29, 1.82) is 0 Å². The Morgan fingerprint density at radius 2 is 1.68 bits per heavy atom. The molecule has 2 amide bonds. The van der Waals surface area contributed by atoms with Crippen molar-refractivity contribution in [2.75, 3.05) is 16.4 Å². The van der Waals surface area contributed by atoms with E-state index in [9.17, 15) is 4.79 Å². The van der Waals surface area contributed by atoms with Crippen LogP contribution in [0.25, 0.3) is 0 Å². The molecule has 2 rings (SSSR count). The number of carbonyl (C=O) groups is 1. The van der Waals surface area contributed by atoms with Crippen LogP contribution in [0.3, 0.4) is 0 Å². The molecule has 0 unspecified atom stereocenters. The molecule has 0 aliphatic rings. The molecule has 0 saturated carbocycles. The summed E-state index contributed by atoms with van der Waals surface area (Å²) >= 11 is 11.7. The van der Waals surface area contributed by atoms with E-state index in [1.54, 1.807) is 42.5 Å². The Morgan fingerprint density at radius 3 is 2.32 bits per heavy atom. The third-order valence-corrected chi connectivity index (χ3v) is 2.91. The summed E-state index contributed by atoms with van der Waals surface area (Å²) in [5, 5.41) is 6.28. The van der Waals surface area contributed by atoms with Crippen LogP contribution in [-0.4, -0.2) is 6.03 Å². The van der Waals surface area contributed by atoms with Gasteiger partial charge in [-0.3, -0.25) is 0 Å². The van der Waals surface area contributed by atoms with Crippen LogP contribution in [0.2, 0.25) is 10.0 Å². The summed E-state index contributed by atoms with van der Waals surface area (Å²) in [4.78, 5) is 11.8. The topological polar surface area (TPSA) is 67.1 Å². The molecule has 0 spiro atoms. The smallest absolute Gasteiger partial charge is 0.323 e. The first-order valence-corrected chi connectivity index (χ1v) is 6.19. The highest BCUT2D eigenvalue weighted by atomic mass is 35.5. The van der Waals surface area contributed by atoms with Crippen molar-refractivity contribution in [2.45, 2.75) is 0 Å². The molecule has 0 atom stereocenters. The summed E-state index contributed by atoms with van der Waals surface area (Å²) in [6.07, 6.45) is 0. The van der Waals surface area contributed by atoms with E-state index >= 15 is 0 Å². The first kappa shape index (κ1) is 13.5. The van der Waals surface area contributed by atoms with Crippen molar-refractivity contribution in [3.05, 3.63) is 52.5 Å². The van der Waals surface area contributed by atoms with Crippen LogP contribution in [0.4, 0.5) is 21.9 Å². The van der Waals surface area contributed by atoms with Gasteiger partial charge in [0.05, 0.1) is 10.7 Å². The van der Waals surface area contributed by atoms with Gasteiger partial charge in [0.1, 0.15) is 0 Å². The average molecular weight is 296 g/mol. The number of urea groups is 1. The second-order valence-corrected chi connectivity index (χ2v) is 4.67. The van der Waals surface area contributed by atoms with Crippen molar-refractivity contribution in [3.8, 4) is 0 Å². The van der Waals surface area contributed by atoms with Crippen LogP contribution >= 0.6 is 23.2 Å². The molecule has 0 aliphatic heterocycles. The van der Waals surface area contributed by atoms with E-state index in [1.165, 1.54) is 0 Å². The molecule has 0 aliphatic carbocycles. The highest BCUT2D eigenvalue weighted by Crippen LogP contribution is 2.24. The van der Waals surface area contributed by atoms with Crippen LogP contribution in [0.15, 0.2) is 42.5 Å². The number of nitrogen functional groups attached to an aromatic ring is 1. The van der Waals surface area contributed by atoms with Gasteiger partial charge in [-0.15, -0.1) is 0 Å². The molecule has 0 bridgehead atoms. The molecule has 0 fully saturated rings. The lowest BCUT2D eigenvalue weighted by molar-refractivity contribution is 0.262. The molecule has 0 heterocycles. The van der Waals surface area contributed by atoms with Crippen LogP contribution in [0.5, 0.6) is 0 Å². The fourth-order valence-corrected chi connectivity index (χ4v) is 1.81. The van der Waals surface area contributed by atoms with Crippen LogP contribution in [0.1, 0.15) is 0 Å². The summed E-state index contributed by atoms with van der Waals surface area (Å²) in [6.45, 7) is 0. The normalized spacial score (nSPS) is 10.0. The van der Waals surface area contributed by atoms with Crippen molar-refractivity contribution >= 4 is 46.3 Å². The quantitative estimate of drug-likeness (QED) is 0.726. The number of halogens is 2. The summed E-state index contributed by atoms with van der Waals surface area (Å²) in [5.74, 6) is 0. The van der Waals surface area contributed by atoms with Gasteiger partial charge in [0.2, 0.25) is 0 Å². The fraction of sp³-hybridized carbons (Fsp3) is 0. The largest absolute Gasteiger partial charge is 0.399 e. The Kier molecular flexibility index (Phi) is 4.14. The predicted molar refractivity (Wildman–Crippen MR) is 80.0 cm³/mol. The molecule has 98 valence electrons. The van der Waals surface area contributed by atoms with Gasteiger partial charge in [-0.2, -0.15) is 0 Å². The lowest BCUT2D eigenvalue weighted by atomic mass is 10.3. The molecule has 0 saturated heterocycles. The Morgan fingerprint density at radius 1 is 1.00 bits per heavy atom. The highest BCUT2D eigenvalue weighted by molar-refractivity contribution is 6.34. The zero-order valence-electron chi connectivity index (χ0n) is 9.78. The maximum Gasteiger partial charge on any atom is 0.323 e. The molecular formula is C13H11Cl2N3O. The highest BCUT2D eigenvalue weighted by Gasteiger charge is 2.06. The fourth-order valence-electron chi connectivity index (χ4n) is 1.45. The van der Waals surface area contributed by atoms with E-state index in [1.807, 2.05) is 0 Å². The zero-order chi connectivity index (χ0) is 13.8. The first-order valence-electron chi connectivity index (χ1n) is 5.43. The molecular weight excluding hydrogens is 285 g/mol. The van der Waals surface area contributed by atoms with Gasteiger partial charge >= 0.3 is 6.03 Å². The van der Waals surface area contributed by atoms with Gasteiger partial charge in [0.15, 0.2) is 0 Å². The SMILES string of the molecule is Nc1ccc(NC(=O)Nc2ccc(Cl)cc2)c(Cl)c1. The standard InChI is InChI=1S/C13H11Cl2N3O/c14-8-1-4-10(5-2-8)17-13(19)18-12-6-3-9(16)7-11(12)15/h1-7H,16H2,(H2,17,18,19). The minimum absolute atomic E-state index is 0.381. The van der Waals surface area contributed by atoms with Gasteiger partial charge in [0, 0.05) is 16.4 Å². The number of hydrogen-bond acceptors (Lipinski definition) is 2. The summed E-state index contributed by atoms with van der Waals surface area (Å²) < 4.78 is 0. The second kappa shape index (κ2) is 5.82. The molecule has 0 radical (unpaired) electrons. The third-order valence-electron chi connectivity index (χ3n) is 2.34. The number of carbonyl (C=O) groups excluding carboxylic acids is 1. The molecule has 4 nitrogen and oxygen atoms in total. The van der Waals surface area contributed by atoms with Crippen molar-refractivity contribution in [1.82, 2.24) is 0 Å². The zero-order valence-corrected chi connectivity index (χ0v) is 11.3. The van der Waals surface area contributed by atoms with Gasteiger partial charge in [-0.05, 0) is 42.5 Å². The first-order chi connectivity index (χ1) is 9.04. The van der Waals surface area contributed by atoms with E-state index in [2.05, 4.69) is 10.6 Å². The summed E-state index contributed by atoms with van der Waals surface area (Å²) in [5.41, 5.74) is 7.23. The molecule has 4 N–H and O–H groups in total. The molecule has 6 heteroatoms. The maximum atomic E-state index is 11.8. The van der Waals surface area contributed by atoms with Gasteiger partial charge < -0.3 is 16.4 Å². The Hall–Kier alpha value is -1.91. The molecule has 0 aromatic heterocycles. The van der Waals surface area contributed by atoms with Crippen LogP contribution < -0.4 is 16.4 Å². The Labute approximate surface area is 120 Å². The molecule has 19 heavy (non-hydrogen) atoms. The predicted octanol–water partition coefficient (Wildman–Crippen LogP) is 4.22. The maximum absolute atomic E-state index is 11.8. The Balaban J connectivity index is 2.03. The Bertz CT molecular complexity index is 599. The van der Waals surface area contributed by atoms with Gasteiger partial charge in [-0.25, -0.2) is 4.79 Å². The number of nitrogens with two attached hydrogens (primary N) is 1. The van der Waals surface area contributed by atoms with Crippen molar-refractivity contribution in [3.63, 3.8) is 0 Å². The molecule has 2 aromatic carbocycles. The number of anilines is 3. The lowest BCUT2D eigenvalue weighted by Crippen LogP contribution is -2.19. The third kappa shape index (κ3) is 3.77. The summed E-state index contributed by atoms with van der Waals surface area (Å²) in [6, 6.07) is 11.2. The van der Waals surface area contributed by atoms with Crippen molar-refractivity contribution in [2.24, 2.45) is 0 Å². The lowest BCUT2D eigenvalue weighted by Gasteiger charge is -2.09. The summed E-state index contributed by atoms with van der Waals surface area (Å²) in [7, 11) is 0. The number of benzene rings is 2. The number of amides is 2. The van der Waals surface area contributed by atoms with E-state index in [4.69, 9.17) is 28.9 Å². The van der Waals surface area contributed by atoms with E-state index in [0.29, 0.717) is 27.1 Å². The molecule has 2 aromatic rings. The van der Waals surface area contributed by atoms with Crippen LogP contribution in [0, 0.1) is 0 Å². The van der Waals surface area contributed by atoms with Gasteiger partial charge in [-0.1, -0.05) is 23.2 Å². The van der Waals surface area contributed by atoms with E-state index < -0.39 is 6.03 Å². The van der Waals surface area contributed by atoms with E-state index in [-0.39, 0.29) is 0 Å².